The van der Waals surface area contributed by atoms with E-state index in [0.717, 1.165) is 18.5 Å². The molecule has 1 aromatic heterocycles. The SMILES string of the molecule is Cc1cnc(C(=O)N2CCCC(C(=O)NC(C)C)C2)cn1. The molecule has 0 aliphatic carbocycles. The molecule has 0 aromatic carbocycles. The maximum atomic E-state index is 12.4. The first-order valence-corrected chi connectivity index (χ1v) is 7.35. The van der Waals surface area contributed by atoms with E-state index in [4.69, 9.17) is 0 Å². The van der Waals surface area contributed by atoms with E-state index >= 15 is 0 Å². The van der Waals surface area contributed by atoms with Crippen LogP contribution in [0.4, 0.5) is 0 Å². The van der Waals surface area contributed by atoms with Crippen LogP contribution in [0.25, 0.3) is 0 Å². The molecule has 1 aromatic rings. The van der Waals surface area contributed by atoms with Crippen molar-refractivity contribution in [2.45, 2.75) is 39.7 Å². The van der Waals surface area contributed by atoms with Gasteiger partial charge < -0.3 is 10.2 Å². The molecule has 2 amide bonds. The number of carbonyl (C=O) groups is 2. The van der Waals surface area contributed by atoms with E-state index in [9.17, 15) is 9.59 Å². The lowest BCUT2D eigenvalue weighted by molar-refractivity contribution is -0.126. The molecular weight excluding hydrogens is 268 g/mol. The number of hydrogen-bond acceptors (Lipinski definition) is 4. The molecule has 1 aliphatic rings. The first-order chi connectivity index (χ1) is 9.97. The van der Waals surface area contributed by atoms with Crippen molar-refractivity contribution in [2.75, 3.05) is 13.1 Å². The van der Waals surface area contributed by atoms with Crippen LogP contribution in [-0.2, 0) is 4.79 Å². The van der Waals surface area contributed by atoms with Crippen molar-refractivity contribution in [2.24, 2.45) is 5.92 Å². The zero-order valence-electron chi connectivity index (χ0n) is 12.8. The lowest BCUT2D eigenvalue weighted by Gasteiger charge is -2.32. The lowest BCUT2D eigenvalue weighted by atomic mass is 9.96. The number of hydrogen-bond donors (Lipinski definition) is 1. The molecule has 1 unspecified atom stereocenters. The third-order valence-corrected chi connectivity index (χ3v) is 3.51. The Bertz CT molecular complexity index is 513. The molecule has 1 fully saturated rings. The maximum absolute atomic E-state index is 12.4. The van der Waals surface area contributed by atoms with E-state index in [2.05, 4.69) is 15.3 Å². The molecule has 0 bridgehead atoms. The second-order valence-electron chi connectivity index (χ2n) is 5.80. The largest absolute Gasteiger partial charge is 0.354 e. The summed E-state index contributed by atoms with van der Waals surface area (Å²) in [7, 11) is 0. The van der Waals surface area contributed by atoms with Crippen LogP contribution in [-0.4, -0.2) is 45.8 Å². The van der Waals surface area contributed by atoms with E-state index in [1.54, 1.807) is 11.1 Å². The molecule has 2 heterocycles. The molecule has 114 valence electrons. The first kappa shape index (κ1) is 15.4. The van der Waals surface area contributed by atoms with Gasteiger partial charge in [0.1, 0.15) is 5.69 Å². The highest BCUT2D eigenvalue weighted by Gasteiger charge is 2.29. The summed E-state index contributed by atoms with van der Waals surface area (Å²) in [6, 6.07) is 0.117. The minimum atomic E-state index is -0.149. The number of aryl methyl sites for hydroxylation is 1. The van der Waals surface area contributed by atoms with Gasteiger partial charge in [0.05, 0.1) is 17.8 Å². The van der Waals surface area contributed by atoms with Gasteiger partial charge in [-0.3, -0.25) is 14.6 Å². The van der Waals surface area contributed by atoms with Crippen LogP contribution < -0.4 is 5.32 Å². The fourth-order valence-corrected chi connectivity index (χ4v) is 2.44. The molecule has 0 spiro atoms. The van der Waals surface area contributed by atoms with E-state index in [1.807, 2.05) is 20.8 Å². The number of nitrogens with one attached hydrogen (secondary N) is 1. The molecule has 1 atom stereocenters. The monoisotopic (exact) mass is 290 g/mol. The van der Waals surface area contributed by atoms with Crippen molar-refractivity contribution in [3.63, 3.8) is 0 Å². The molecule has 0 radical (unpaired) electrons. The van der Waals surface area contributed by atoms with E-state index in [0.29, 0.717) is 18.8 Å². The van der Waals surface area contributed by atoms with Gasteiger partial charge in [-0.2, -0.15) is 0 Å². The third-order valence-electron chi connectivity index (χ3n) is 3.51. The summed E-state index contributed by atoms with van der Waals surface area (Å²) in [4.78, 5) is 34.4. The highest BCUT2D eigenvalue weighted by Crippen LogP contribution is 2.18. The standard InChI is InChI=1S/C15H22N4O2/c1-10(2)18-14(20)12-5-4-6-19(9-12)15(21)13-8-16-11(3)7-17-13/h7-8,10,12H,4-6,9H2,1-3H3,(H,18,20). The number of carbonyl (C=O) groups excluding carboxylic acids is 2. The van der Waals surface area contributed by atoms with Crippen LogP contribution >= 0.6 is 0 Å². The van der Waals surface area contributed by atoms with Gasteiger partial charge in [0.25, 0.3) is 5.91 Å². The average molecular weight is 290 g/mol. The van der Waals surface area contributed by atoms with Gasteiger partial charge in [-0.25, -0.2) is 4.98 Å². The highest BCUT2D eigenvalue weighted by molar-refractivity contribution is 5.92. The van der Waals surface area contributed by atoms with Crippen molar-refractivity contribution in [3.8, 4) is 0 Å². The summed E-state index contributed by atoms with van der Waals surface area (Å²) in [6.45, 7) is 6.82. The quantitative estimate of drug-likeness (QED) is 0.906. The smallest absolute Gasteiger partial charge is 0.274 e. The van der Waals surface area contributed by atoms with Crippen LogP contribution in [0, 0.1) is 12.8 Å². The Morgan fingerprint density at radius 2 is 2.10 bits per heavy atom. The molecule has 0 saturated carbocycles. The van der Waals surface area contributed by atoms with E-state index in [-0.39, 0.29) is 23.8 Å². The molecule has 6 nitrogen and oxygen atoms in total. The van der Waals surface area contributed by atoms with Gasteiger partial charge in [-0.05, 0) is 33.6 Å². The predicted molar refractivity (Wildman–Crippen MR) is 78.7 cm³/mol. The molecule has 1 aliphatic heterocycles. The summed E-state index contributed by atoms with van der Waals surface area (Å²) in [5, 5.41) is 2.91. The van der Waals surface area contributed by atoms with Crippen LogP contribution in [0.5, 0.6) is 0 Å². The predicted octanol–water partition coefficient (Wildman–Crippen LogP) is 1.16. The van der Waals surface area contributed by atoms with Gasteiger partial charge in [0.15, 0.2) is 0 Å². The Morgan fingerprint density at radius 3 is 2.71 bits per heavy atom. The minimum Gasteiger partial charge on any atom is -0.354 e. The molecule has 1 saturated heterocycles. The summed E-state index contributed by atoms with van der Waals surface area (Å²) < 4.78 is 0. The average Bonchev–Trinajstić information content (AvgIpc) is 2.47. The third kappa shape index (κ3) is 4.00. The van der Waals surface area contributed by atoms with Gasteiger partial charge >= 0.3 is 0 Å². The van der Waals surface area contributed by atoms with E-state index < -0.39 is 0 Å². The van der Waals surface area contributed by atoms with Gasteiger partial charge in [0, 0.05) is 25.3 Å². The van der Waals surface area contributed by atoms with Crippen molar-refractivity contribution < 1.29 is 9.59 Å². The molecule has 2 rings (SSSR count). The van der Waals surface area contributed by atoms with Crippen molar-refractivity contribution in [1.29, 1.82) is 0 Å². The zero-order valence-corrected chi connectivity index (χ0v) is 12.8. The van der Waals surface area contributed by atoms with Gasteiger partial charge in [-0.1, -0.05) is 0 Å². The fourth-order valence-electron chi connectivity index (χ4n) is 2.44. The van der Waals surface area contributed by atoms with Gasteiger partial charge in [0.2, 0.25) is 5.91 Å². The molecule has 6 heteroatoms. The zero-order chi connectivity index (χ0) is 15.4. The Kier molecular flexibility index (Phi) is 4.88. The van der Waals surface area contributed by atoms with Crippen molar-refractivity contribution in [1.82, 2.24) is 20.2 Å². The number of rotatable bonds is 3. The Labute approximate surface area is 125 Å². The van der Waals surface area contributed by atoms with Crippen LogP contribution in [0.15, 0.2) is 12.4 Å². The summed E-state index contributed by atoms with van der Waals surface area (Å²) in [6.07, 6.45) is 4.73. The second kappa shape index (κ2) is 6.65. The summed E-state index contributed by atoms with van der Waals surface area (Å²) >= 11 is 0. The summed E-state index contributed by atoms with van der Waals surface area (Å²) in [5.74, 6) is -0.259. The molecule has 21 heavy (non-hydrogen) atoms. The second-order valence-corrected chi connectivity index (χ2v) is 5.80. The normalized spacial score (nSPS) is 18.7. The molecule has 1 N–H and O–H groups in total. The van der Waals surface area contributed by atoms with E-state index in [1.165, 1.54) is 6.20 Å². The number of piperidine rings is 1. The maximum Gasteiger partial charge on any atom is 0.274 e. The topological polar surface area (TPSA) is 75.2 Å². The number of likely N-dealkylation sites (tertiary alicyclic amines) is 1. The Hall–Kier alpha value is -1.98. The Morgan fingerprint density at radius 1 is 1.33 bits per heavy atom. The first-order valence-electron chi connectivity index (χ1n) is 7.35. The van der Waals surface area contributed by atoms with Gasteiger partial charge in [-0.15, -0.1) is 0 Å². The minimum absolute atomic E-state index is 0.0255. The highest BCUT2D eigenvalue weighted by atomic mass is 16.2. The lowest BCUT2D eigenvalue weighted by Crippen LogP contribution is -2.46. The number of aromatic nitrogens is 2. The molecular formula is C15H22N4O2. The number of amides is 2. The fraction of sp³-hybridized carbons (Fsp3) is 0.600. The van der Waals surface area contributed by atoms with Crippen molar-refractivity contribution >= 4 is 11.8 Å². The van der Waals surface area contributed by atoms with Crippen LogP contribution in [0.3, 0.4) is 0 Å². The summed E-state index contributed by atoms with van der Waals surface area (Å²) in [5.41, 5.74) is 1.12. The Balaban J connectivity index is 2.01. The van der Waals surface area contributed by atoms with Crippen molar-refractivity contribution in [3.05, 3.63) is 23.8 Å². The van der Waals surface area contributed by atoms with Crippen LogP contribution in [0.2, 0.25) is 0 Å². The number of nitrogens with zero attached hydrogens (tertiary/aromatic N) is 3. The van der Waals surface area contributed by atoms with Crippen LogP contribution in [0.1, 0.15) is 42.9 Å².